The highest BCUT2D eigenvalue weighted by molar-refractivity contribution is 5.30. The highest BCUT2D eigenvalue weighted by Crippen LogP contribution is 2.23. The molecule has 18 heavy (non-hydrogen) atoms. The zero-order chi connectivity index (χ0) is 13.2. The maximum Gasteiger partial charge on any atom is 0.119 e. The van der Waals surface area contributed by atoms with E-state index in [0.29, 0.717) is 6.04 Å². The summed E-state index contributed by atoms with van der Waals surface area (Å²) in [5.41, 5.74) is 1.30. The van der Waals surface area contributed by atoms with Crippen molar-refractivity contribution in [3.8, 4) is 5.75 Å². The van der Waals surface area contributed by atoms with E-state index in [1.807, 2.05) is 19.2 Å². The minimum absolute atomic E-state index is 0.398. The molecule has 0 amide bonds. The van der Waals surface area contributed by atoms with Crippen molar-refractivity contribution in [3.63, 3.8) is 0 Å². The van der Waals surface area contributed by atoms with Gasteiger partial charge in [0.15, 0.2) is 0 Å². The molecule has 1 N–H and O–H groups in total. The van der Waals surface area contributed by atoms with Crippen LogP contribution in [0.3, 0.4) is 0 Å². The minimum Gasteiger partial charge on any atom is -0.494 e. The number of benzene rings is 1. The van der Waals surface area contributed by atoms with Gasteiger partial charge in [-0.2, -0.15) is 0 Å². The zero-order valence-electron chi connectivity index (χ0n) is 11.6. The van der Waals surface area contributed by atoms with Gasteiger partial charge in [-0.1, -0.05) is 25.1 Å². The molecule has 1 atom stereocenters. The summed E-state index contributed by atoms with van der Waals surface area (Å²) < 4.78 is 5.67. The first-order valence-corrected chi connectivity index (χ1v) is 6.82. The first-order chi connectivity index (χ1) is 8.81. The fourth-order valence-corrected chi connectivity index (χ4v) is 1.98. The molecule has 1 aromatic rings. The molecule has 0 aliphatic rings. The average molecular weight is 247 g/mol. The van der Waals surface area contributed by atoms with Crippen LogP contribution in [-0.4, -0.2) is 13.7 Å². The Bertz CT molecular complexity index is 349. The summed E-state index contributed by atoms with van der Waals surface area (Å²) in [5.74, 6) is 0.971. The van der Waals surface area contributed by atoms with Gasteiger partial charge in [0.1, 0.15) is 5.75 Å². The summed E-state index contributed by atoms with van der Waals surface area (Å²) in [6.07, 6.45) is 6.38. The third-order valence-electron chi connectivity index (χ3n) is 2.98. The summed E-state index contributed by atoms with van der Waals surface area (Å²) in [5, 5.41) is 3.37. The number of allylic oxidation sites excluding steroid dienone is 1. The highest BCUT2D eigenvalue weighted by atomic mass is 16.5. The van der Waals surface area contributed by atoms with Gasteiger partial charge in [0.05, 0.1) is 6.61 Å². The number of hydrogen-bond donors (Lipinski definition) is 1. The van der Waals surface area contributed by atoms with E-state index in [1.165, 1.54) is 5.56 Å². The van der Waals surface area contributed by atoms with E-state index in [0.717, 1.165) is 38.0 Å². The normalized spacial score (nSPS) is 12.1. The summed E-state index contributed by atoms with van der Waals surface area (Å²) in [7, 11) is 2.01. The Balaban J connectivity index is 2.63. The van der Waals surface area contributed by atoms with Crippen molar-refractivity contribution < 1.29 is 4.74 Å². The second-order valence-electron chi connectivity index (χ2n) is 4.48. The molecule has 0 saturated heterocycles. The number of hydrogen-bond acceptors (Lipinski definition) is 2. The molecule has 0 saturated carbocycles. The van der Waals surface area contributed by atoms with Crippen molar-refractivity contribution in [1.29, 1.82) is 0 Å². The van der Waals surface area contributed by atoms with Crippen LogP contribution in [0.25, 0.3) is 0 Å². The highest BCUT2D eigenvalue weighted by Gasteiger charge is 2.09. The molecule has 1 rings (SSSR count). The van der Waals surface area contributed by atoms with Gasteiger partial charge in [0.2, 0.25) is 0 Å². The van der Waals surface area contributed by atoms with Gasteiger partial charge in [-0.05, 0) is 50.4 Å². The van der Waals surface area contributed by atoms with Gasteiger partial charge < -0.3 is 10.1 Å². The van der Waals surface area contributed by atoms with Crippen molar-refractivity contribution in [2.24, 2.45) is 0 Å². The van der Waals surface area contributed by atoms with Crippen LogP contribution in [-0.2, 0) is 0 Å². The van der Waals surface area contributed by atoms with Gasteiger partial charge in [0.25, 0.3) is 0 Å². The van der Waals surface area contributed by atoms with Gasteiger partial charge in [-0.3, -0.25) is 0 Å². The maximum atomic E-state index is 5.67. The van der Waals surface area contributed by atoms with Crippen LogP contribution in [0.2, 0.25) is 0 Å². The van der Waals surface area contributed by atoms with Gasteiger partial charge >= 0.3 is 0 Å². The molecule has 0 heterocycles. The molecule has 0 bridgehead atoms. The summed E-state index contributed by atoms with van der Waals surface area (Å²) in [6.45, 7) is 6.67. The van der Waals surface area contributed by atoms with E-state index in [-0.39, 0.29) is 0 Å². The third-order valence-corrected chi connectivity index (χ3v) is 2.98. The summed E-state index contributed by atoms with van der Waals surface area (Å²) in [6, 6.07) is 8.79. The van der Waals surface area contributed by atoms with E-state index in [9.17, 15) is 0 Å². The molecule has 0 aliphatic carbocycles. The Labute approximate surface area is 111 Å². The van der Waals surface area contributed by atoms with Crippen LogP contribution >= 0.6 is 0 Å². The third kappa shape index (κ3) is 4.92. The zero-order valence-corrected chi connectivity index (χ0v) is 11.6. The fourth-order valence-electron chi connectivity index (χ4n) is 1.98. The van der Waals surface area contributed by atoms with Crippen molar-refractivity contribution in [1.82, 2.24) is 5.32 Å². The molecule has 2 heteroatoms. The first-order valence-electron chi connectivity index (χ1n) is 6.82. The lowest BCUT2D eigenvalue weighted by molar-refractivity contribution is 0.316. The predicted molar refractivity (Wildman–Crippen MR) is 78.1 cm³/mol. The van der Waals surface area contributed by atoms with E-state index in [4.69, 9.17) is 4.74 Å². The first kappa shape index (κ1) is 14.8. The van der Waals surface area contributed by atoms with E-state index in [2.05, 4.69) is 37.0 Å². The second kappa shape index (κ2) is 8.76. The average Bonchev–Trinajstić information content (AvgIpc) is 2.42. The monoisotopic (exact) mass is 247 g/mol. The molecule has 1 aromatic carbocycles. The Morgan fingerprint density at radius 1 is 1.44 bits per heavy atom. The van der Waals surface area contributed by atoms with Crippen molar-refractivity contribution in [2.45, 2.75) is 38.6 Å². The molecular weight excluding hydrogens is 222 g/mol. The Hall–Kier alpha value is -1.28. The lowest BCUT2D eigenvalue weighted by Gasteiger charge is -2.17. The van der Waals surface area contributed by atoms with Crippen LogP contribution < -0.4 is 10.1 Å². The molecule has 0 fully saturated rings. The topological polar surface area (TPSA) is 21.3 Å². The standard InChI is InChI=1S/C16H25NO/c1-4-6-7-11-16(17-3)14-9-8-10-15(13-14)18-12-5-2/h4,8-10,13,16-17H,1,5-7,11-12H2,2-3H3. The maximum absolute atomic E-state index is 5.67. The van der Waals surface area contributed by atoms with Crippen LogP contribution in [0.5, 0.6) is 5.75 Å². The quantitative estimate of drug-likeness (QED) is 0.524. The molecule has 1 unspecified atom stereocenters. The number of ether oxygens (including phenoxy) is 1. The molecule has 100 valence electrons. The van der Waals surface area contributed by atoms with Crippen molar-refractivity contribution >= 4 is 0 Å². The number of nitrogens with one attached hydrogen (secondary N) is 1. The van der Waals surface area contributed by atoms with Crippen molar-refractivity contribution in [2.75, 3.05) is 13.7 Å². The summed E-state index contributed by atoms with van der Waals surface area (Å²) >= 11 is 0. The molecule has 2 nitrogen and oxygen atoms in total. The lowest BCUT2D eigenvalue weighted by Crippen LogP contribution is -2.16. The number of rotatable bonds is 9. The molecule has 0 aromatic heterocycles. The van der Waals surface area contributed by atoms with Gasteiger partial charge in [0, 0.05) is 6.04 Å². The lowest BCUT2D eigenvalue weighted by atomic mass is 10.0. The van der Waals surface area contributed by atoms with Crippen LogP contribution in [0.1, 0.15) is 44.2 Å². The van der Waals surface area contributed by atoms with Crippen LogP contribution in [0.4, 0.5) is 0 Å². The Morgan fingerprint density at radius 2 is 2.28 bits per heavy atom. The molecule has 0 aliphatic heterocycles. The summed E-state index contributed by atoms with van der Waals surface area (Å²) in [4.78, 5) is 0. The van der Waals surface area contributed by atoms with E-state index < -0.39 is 0 Å². The van der Waals surface area contributed by atoms with E-state index in [1.54, 1.807) is 0 Å². The van der Waals surface area contributed by atoms with Crippen LogP contribution in [0, 0.1) is 0 Å². The molecule has 0 spiro atoms. The largest absolute Gasteiger partial charge is 0.494 e. The molecule has 0 radical (unpaired) electrons. The predicted octanol–water partition coefficient (Wildman–Crippen LogP) is 4.09. The minimum atomic E-state index is 0.398. The van der Waals surface area contributed by atoms with Crippen LogP contribution in [0.15, 0.2) is 36.9 Å². The number of unbranched alkanes of at least 4 members (excludes halogenated alkanes) is 1. The van der Waals surface area contributed by atoms with Crippen molar-refractivity contribution in [3.05, 3.63) is 42.5 Å². The molecular formula is C16H25NO. The van der Waals surface area contributed by atoms with E-state index >= 15 is 0 Å². The SMILES string of the molecule is C=CCCCC(NC)c1cccc(OCCC)c1. The fraction of sp³-hybridized carbons (Fsp3) is 0.500. The second-order valence-corrected chi connectivity index (χ2v) is 4.48. The Kier molecular flexibility index (Phi) is 7.19. The van der Waals surface area contributed by atoms with Gasteiger partial charge in [-0.25, -0.2) is 0 Å². The van der Waals surface area contributed by atoms with Gasteiger partial charge in [-0.15, -0.1) is 6.58 Å². The smallest absolute Gasteiger partial charge is 0.119 e. The Morgan fingerprint density at radius 3 is 2.94 bits per heavy atom.